The van der Waals surface area contributed by atoms with Crippen molar-refractivity contribution >= 4 is 12.0 Å². The summed E-state index contributed by atoms with van der Waals surface area (Å²) in [5.41, 5.74) is 6.67. The minimum absolute atomic E-state index is 0.0170. The maximum Gasteiger partial charge on any atom is 0.417 e. The first-order valence-electron chi connectivity index (χ1n) is 8.69. The minimum atomic E-state index is -0.661. The Hall–Kier alpha value is -1.93. The number of hydrogen-bond acceptors (Lipinski definition) is 6. The Morgan fingerprint density at radius 2 is 2.20 bits per heavy atom. The summed E-state index contributed by atoms with van der Waals surface area (Å²) in [7, 11) is 0. The van der Waals surface area contributed by atoms with Crippen molar-refractivity contribution in [2.75, 3.05) is 13.1 Å². The van der Waals surface area contributed by atoms with Gasteiger partial charge < -0.3 is 20.4 Å². The molecule has 1 saturated heterocycles. The average Bonchev–Trinajstić information content (AvgIpc) is 2.86. The van der Waals surface area contributed by atoms with E-state index in [-0.39, 0.29) is 25.0 Å². The van der Waals surface area contributed by atoms with Crippen molar-refractivity contribution in [2.24, 2.45) is 5.73 Å². The number of rotatable bonds is 4. The molecule has 2 heterocycles. The van der Waals surface area contributed by atoms with Gasteiger partial charge in [0.2, 0.25) is 0 Å². The van der Waals surface area contributed by atoms with Gasteiger partial charge in [-0.15, -0.1) is 0 Å². The van der Waals surface area contributed by atoms with Gasteiger partial charge in [-0.25, -0.2) is 14.7 Å². The molecule has 1 atom stereocenters. The van der Waals surface area contributed by atoms with E-state index < -0.39 is 11.7 Å². The molecule has 1 fully saturated rings. The van der Waals surface area contributed by atoms with Gasteiger partial charge >= 0.3 is 6.09 Å². The number of aryl methyl sites for hydroxylation is 1. The second-order valence-corrected chi connectivity index (χ2v) is 7.35. The summed E-state index contributed by atoms with van der Waals surface area (Å²) in [6.07, 6.45) is 2.67. The van der Waals surface area contributed by atoms with Crippen LogP contribution in [0.5, 0.6) is 0 Å². The van der Waals surface area contributed by atoms with Gasteiger partial charge in [-0.2, -0.15) is 0 Å². The fraction of sp³-hybridized carbons (Fsp3) is 0.706. The fourth-order valence-electron chi connectivity index (χ4n) is 2.95. The number of amides is 2. The van der Waals surface area contributed by atoms with Crippen LogP contribution < -0.4 is 11.1 Å². The number of carbonyl (C=O) groups excluding carboxylic acids is 2. The molecule has 1 aromatic heterocycles. The van der Waals surface area contributed by atoms with Crippen LogP contribution in [0, 0.1) is 6.92 Å². The van der Waals surface area contributed by atoms with Crippen LogP contribution in [0.2, 0.25) is 0 Å². The Labute approximate surface area is 148 Å². The van der Waals surface area contributed by atoms with E-state index in [4.69, 9.17) is 10.5 Å². The normalized spacial score (nSPS) is 18.0. The molecule has 1 aliphatic rings. The van der Waals surface area contributed by atoms with Gasteiger partial charge in [-0.3, -0.25) is 4.79 Å². The van der Waals surface area contributed by atoms with Gasteiger partial charge in [0, 0.05) is 13.1 Å². The number of aromatic nitrogens is 2. The molecular weight excluding hydrogens is 322 g/mol. The smallest absolute Gasteiger partial charge is 0.417 e. The first kappa shape index (κ1) is 19.4. The molecule has 1 unspecified atom stereocenters. The lowest BCUT2D eigenvalue weighted by atomic mass is 10.1. The standard InChI is InChI=1S/C17H29N5O3/c1-12-14(8-18)21(11-20-12)10-15(23)22(13-6-5-7-19-9-13)16(24)25-17(2,3)4/h11,13,19H,5-10,18H2,1-4H3. The predicted molar refractivity (Wildman–Crippen MR) is 93.8 cm³/mol. The molecule has 3 N–H and O–H groups in total. The third-order valence-electron chi connectivity index (χ3n) is 4.15. The zero-order chi connectivity index (χ0) is 18.6. The highest BCUT2D eigenvalue weighted by molar-refractivity contribution is 5.92. The summed E-state index contributed by atoms with van der Waals surface area (Å²) in [6.45, 7) is 9.00. The monoisotopic (exact) mass is 351 g/mol. The highest BCUT2D eigenvalue weighted by Crippen LogP contribution is 2.17. The van der Waals surface area contributed by atoms with E-state index >= 15 is 0 Å². The Balaban J connectivity index is 2.20. The topological polar surface area (TPSA) is 102 Å². The number of imide groups is 1. The molecule has 25 heavy (non-hydrogen) atoms. The molecular formula is C17H29N5O3. The first-order valence-corrected chi connectivity index (χ1v) is 8.69. The van der Waals surface area contributed by atoms with E-state index in [1.807, 2.05) is 6.92 Å². The Morgan fingerprint density at radius 1 is 1.48 bits per heavy atom. The number of hydrogen-bond donors (Lipinski definition) is 2. The Kier molecular flexibility index (Phi) is 6.18. The summed E-state index contributed by atoms with van der Waals surface area (Å²) in [5, 5.41) is 3.24. The van der Waals surface area contributed by atoms with Crippen molar-refractivity contribution in [1.29, 1.82) is 0 Å². The quantitative estimate of drug-likeness (QED) is 0.844. The van der Waals surface area contributed by atoms with Crippen molar-refractivity contribution in [1.82, 2.24) is 19.8 Å². The van der Waals surface area contributed by atoms with Gasteiger partial charge in [-0.1, -0.05) is 0 Å². The molecule has 2 amide bonds. The molecule has 1 aromatic rings. The number of nitrogens with one attached hydrogen (secondary N) is 1. The third kappa shape index (κ3) is 5.02. The van der Waals surface area contributed by atoms with E-state index in [1.165, 1.54) is 4.90 Å². The lowest BCUT2D eigenvalue weighted by molar-refractivity contribution is -0.133. The van der Waals surface area contributed by atoms with Gasteiger partial charge in [0.05, 0.1) is 23.8 Å². The van der Waals surface area contributed by atoms with Crippen molar-refractivity contribution in [2.45, 2.75) is 65.3 Å². The van der Waals surface area contributed by atoms with Crippen molar-refractivity contribution < 1.29 is 14.3 Å². The predicted octanol–water partition coefficient (Wildman–Crippen LogP) is 1.17. The highest BCUT2D eigenvalue weighted by Gasteiger charge is 2.34. The third-order valence-corrected chi connectivity index (χ3v) is 4.15. The molecule has 0 saturated carbocycles. The maximum atomic E-state index is 12.9. The number of carbonyl (C=O) groups is 2. The van der Waals surface area contributed by atoms with Crippen LogP contribution in [-0.4, -0.2) is 51.2 Å². The number of nitrogens with two attached hydrogens (primary N) is 1. The summed E-state index contributed by atoms with van der Waals surface area (Å²) in [4.78, 5) is 31.0. The van der Waals surface area contributed by atoms with Gasteiger partial charge in [0.15, 0.2) is 0 Å². The minimum Gasteiger partial charge on any atom is -0.443 e. The summed E-state index contributed by atoms with van der Waals surface area (Å²) >= 11 is 0. The maximum absolute atomic E-state index is 12.9. The molecule has 0 spiro atoms. The first-order chi connectivity index (χ1) is 11.7. The van der Waals surface area contributed by atoms with Crippen LogP contribution in [0.4, 0.5) is 4.79 Å². The van der Waals surface area contributed by atoms with E-state index in [0.717, 1.165) is 30.8 Å². The Morgan fingerprint density at radius 3 is 2.76 bits per heavy atom. The molecule has 0 aliphatic carbocycles. The van der Waals surface area contributed by atoms with E-state index in [1.54, 1.807) is 31.7 Å². The summed E-state index contributed by atoms with van der Waals surface area (Å²) in [6, 6.07) is -0.206. The molecule has 0 bridgehead atoms. The lowest BCUT2D eigenvalue weighted by Crippen LogP contribution is -2.53. The van der Waals surface area contributed by atoms with Crippen LogP contribution in [0.3, 0.4) is 0 Å². The van der Waals surface area contributed by atoms with Crippen LogP contribution >= 0.6 is 0 Å². The average molecular weight is 351 g/mol. The fourth-order valence-corrected chi connectivity index (χ4v) is 2.95. The SMILES string of the molecule is Cc1ncn(CC(=O)N(C(=O)OC(C)(C)C)C2CCCNC2)c1CN. The van der Waals surface area contributed by atoms with Gasteiger partial charge in [0.25, 0.3) is 5.91 Å². The molecule has 1 aliphatic heterocycles. The summed E-state index contributed by atoms with van der Waals surface area (Å²) < 4.78 is 7.16. The molecule has 8 heteroatoms. The lowest BCUT2D eigenvalue weighted by Gasteiger charge is -2.34. The summed E-state index contributed by atoms with van der Waals surface area (Å²) in [5.74, 6) is -0.310. The number of imidazole rings is 1. The number of nitrogens with zero attached hydrogens (tertiary/aromatic N) is 3. The second-order valence-electron chi connectivity index (χ2n) is 7.35. The van der Waals surface area contributed by atoms with Crippen LogP contribution in [0.25, 0.3) is 0 Å². The van der Waals surface area contributed by atoms with Crippen molar-refractivity contribution in [3.8, 4) is 0 Å². The molecule has 0 radical (unpaired) electrons. The number of ether oxygens (including phenoxy) is 1. The zero-order valence-electron chi connectivity index (χ0n) is 15.5. The molecule has 2 rings (SSSR count). The highest BCUT2D eigenvalue weighted by atomic mass is 16.6. The Bertz CT molecular complexity index is 614. The molecule has 8 nitrogen and oxygen atoms in total. The largest absolute Gasteiger partial charge is 0.443 e. The van der Waals surface area contributed by atoms with E-state index in [0.29, 0.717) is 6.54 Å². The second kappa shape index (κ2) is 7.97. The van der Waals surface area contributed by atoms with E-state index in [9.17, 15) is 9.59 Å². The number of piperidine rings is 1. The molecule has 140 valence electrons. The van der Waals surface area contributed by atoms with Crippen LogP contribution in [-0.2, 0) is 22.6 Å². The van der Waals surface area contributed by atoms with Crippen molar-refractivity contribution in [3.63, 3.8) is 0 Å². The van der Waals surface area contributed by atoms with E-state index in [2.05, 4.69) is 10.3 Å². The van der Waals surface area contributed by atoms with Crippen molar-refractivity contribution in [3.05, 3.63) is 17.7 Å². The van der Waals surface area contributed by atoms with Gasteiger partial charge in [0.1, 0.15) is 12.1 Å². The van der Waals surface area contributed by atoms with Crippen LogP contribution in [0.1, 0.15) is 45.0 Å². The van der Waals surface area contributed by atoms with Gasteiger partial charge in [-0.05, 0) is 47.1 Å². The van der Waals surface area contributed by atoms with Crippen LogP contribution in [0.15, 0.2) is 6.33 Å². The zero-order valence-corrected chi connectivity index (χ0v) is 15.5. The molecule has 0 aromatic carbocycles.